The lowest BCUT2D eigenvalue weighted by atomic mass is 10.1. The van der Waals surface area contributed by atoms with Crippen molar-refractivity contribution >= 4 is 43.8 Å². The summed E-state index contributed by atoms with van der Waals surface area (Å²) in [5.41, 5.74) is 5.54. The number of H-pyrrole nitrogens is 1. The van der Waals surface area contributed by atoms with Crippen LogP contribution in [0, 0.1) is 11.3 Å². The largest absolute Gasteiger partial charge is 0.395 e. The zero-order chi connectivity index (χ0) is 21.9. The van der Waals surface area contributed by atoms with Gasteiger partial charge in [0.2, 0.25) is 0 Å². The van der Waals surface area contributed by atoms with Crippen LogP contribution in [0.3, 0.4) is 0 Å². The molecule has 0 atom stereocenters. The third-order valence-corrected chi connectivity index (χ3v) is 6.43. The lowest BCUT2D eigenvalue weighted by molar-refractivity contribution is 0.292. The van der Waals surface area contributed by atoms with Crippen molar-refractivity contribution in [1.82, 2.24) is 15.3 Å². The Hall–Kier alpha value is -3.70. The summed E-state index contributed by atoms with van der Waals surface area (Å²) in [5, 5.41) is 27.4. The average molecular weight is 440 g/mol. The van der Waals surface area contributed by atoms with Crippen LogP contribution in [0.25, 0.3) is 31.6 Å². The zero-order valence-electron chi connectivity index (χ0n) is 17.2. The van der Waals surface area contributed by atoms with Crippen molar-refractivity contribution in [3.05, 3.63) is 78.1 Å². The van der Waals surface area contributed by atoms with E-state index >= 15 is 0 Å². The molecule has 0 aliphatic rings. The molecule has 5 rings (SSSR count). The van der Waals surface area contributed by atoms with Crippen LogP contribution in [0.2, 0.25) is 0 Å². The summed E-state index contributed by atoms with van der Waals surface area (Å²) < 4.78 is 0. The predicted molar refractivity (Wildman–Crippen MR) is 130 cm³/mol. The zero-order valence-corrected chi connectivity index (χ0v) is 18.0. The Bertz CT molecular complexity index is 1450. The Morgan fingerprint density at radius 1 is 1.12 bits per heavy atom. The van der Waals surface area contributed by atoms with Crippen molar-refractivity contribution in [3.63, 3.8) is 0 Å². The van der Waals surface area contributed by atoms with Gasteiger partial charge in [-0.3, -0.25) is 0 Å². The van der Waals surface area contributed by atoms with Gasteiger partial charge in [0.25, 0.3) is 0 Å². The standard InChI is InChI=1S/C25H21N5OS/c26-13-19-15-29-25-21(24(19)30-20-4-5-22-17(11-20)6-7-28-22)12-23(32-25)18-3-1-2-16(10-18)14-27-8-9-31/h1-7,10-12,15,27-28,31H,8-9,14H2,(H,29,30). The molecular weight excluding hydrogens is 418 g/mol. The molecule has 0 aliphatic heterocycles. The van der Waals surface area contributed by atoms with E-state index in [9.17, 15) is 5.26 Å². The fraction of sp³-hybridized carbons (Fsp3) is 0.120. The number of pyridine rings is 1. The lowest BCUT2D eigenvalue weighted by Gasteiger charge is -2.09. The van der Waals surface area contributed by atoms with Gasteiger partial charge < -0.3 is 20.7 Å². The highest BCUT2D eigenvalue weighted by Crippen LogP contribution is 2.38. The number of rotatable bonds is 7. The van der Waals surface area contributed by atoms with Gasteiger partial charge in [0.1, 0.15) is 10.9 Å². The minimum absolute atomic E-state index is 0.121. The molecule has 0 radical (unpaired) electrons. The van der Waals surface area contributed by atoms with Gasteiger partial charge in [-0.2, -0.15) is 5.26 Å². The maximum Gasteiger partial charge on any atom is 0.126 e. The van der Waals surface area contributed by atoms with Gasteiger partial charge in [0.15, 0.2) is 0 Å². The van der Waals surface area contributed by atoms with E-state index in [1.807, 2.05) is 30.5 Å². The molecule has 0 aliphatic carbocycles. The second kappa shape index (κ2) is 8.81. The Labute approximate surface area is 189 Å². The molecule has 0 saturated heterocycles. The van der Waals surface area contributed by atoms with Crippen molar-refractivity contribution < 1.29 is 5.11 Å². The summed E-state index contributed by atoms with van der Waals surface area (Å²) in [7, 11) is 0. The molecule has 0 saturated carbocycles. The number of aromatic nitrogens is 2. The summed E-state index contributed by atoms with van der Waals surface area (Å²) in [5.74, 6) is 0. The summed E-state index contributed by atoms with van der Waals surface area (Å²) >= 11 is 1.61. The minimum Gasteiger partial charge on any atom is -0.395 e. The first kappa shape index (κ1) is 20.2. The summed E-state index contributed by atoms with van der Waals surface area (Å²) in [4.78, 5) is 9.71. The highest BCUT2D eigenvalue weighted by Gasteiger charge is 2.14. The van der Waals surface area contributed by atoms with Gasteiger partial charge in [-0.15, -0.1) is 11.3 Å². The van der Waals surface area contributed by atoms with Gasteiger partial charge in [0, 0.05) is 52.3 Å². The Morgan fingerprint density at radius 3 is 2.94 bits per heavy atom. The monoisotopic (exact) mass is 439 g/mol. The first-order chi connectivity index (χ1) is 15.7. The summed E-state index contributed by atoms with van der Waals surface area (Å²) in [6, 6.07) is 20.8. The topological polar surface area (TPSA) is 96.8 Å². The fourth-order valence-electron chi connectivity index (χ4n) is 3.77. The fourth-order valence-corrected chi connectivity index (χ4v) is 4.78. The van der Waals surface area contributed by atoms with Crippen LogP contribution in [0.1, 0.15) is 11.1 Å². The van der Waals surface area contributed by atoms with Crippen LogP contribution in [0.15, 0.2) is 67.0 Å². The smallest absolute Gasteiger partial charge is 0.126 e. The Morgan fingerprint density at radius 2 is 2.06 bits per heavy atom. The number of hydrogen-bond donors (Lipinski definition) is 4. The second-order valence-electron chi connectivity index (χ2n) is 7.49. The molecule has 0 unspecified atom stereocenters. The number of aromatic amines is 1. The predicted octanol–water partition coefficient (Wildman–Crippen LogP) is 5.14. The number of thiophene rings is 1. The molecule has 3 aromatic heterocycles. The van der Waals surface area contributed by atoms with E-state index in [-0.39, 0.29) is 6.61 Å². The molecule has 0 fully saturated rings. The van der Waals surface area contributed by atoms with Crippen molar-refractivity contribution in [3.8, 4) is 16.5 Å². The third-order valence-electron chi connectivity index (χ3n) is 5.33. The van der Waals surface area contributed by atoms with Crippen molar-refractivity contribution in [1.29, 1.82) is 5.26 Å². The van der Waals surface area contributed by atoms with Crippen molar-refractivity contribution in [2.75, 3.05) is 18.5 Å². The third kappa shape index (κ3) is 3.95. The number of nitriles is 1. The SMILES string of the molecule is N#Cc1cnc2sc(-c3cccc(CNCCO)c3)cc2c1Nc1ccc2[nH]ccc2c1. The molecule has 0 amide bonds. The minimum atomic E-state index is 0.121. The molecule has 0 bridgehead atoms. The summed E-state index contributed by atoms with van der Waals surface area (Å²) in [6.07, 6.45) is 3.55. The van der Waals surface area contributed by atoms with Crippen molar-refractivity contribution in [2.45, 2.75) is 6.54 Å². The van der Waals surface area contributed by atoms with Gasteiger partial charge in [0.05, 0.1) is 17.9 Å². The highest BCUT2D eigenvalue weighted by molar-refractivity contribution is 7.21. The number of anilines is 2. The molecule has 3 heterocycles. The Balaban J connectivity index is 1.53. The van der Waals surface area contributed by atoms with Gasteiger partial charge in [-0.25, -0.2) is 4.98 Å². The number of fused-ring (bicyclic) bond motifs is 2. The van der Waals surface area contributed by atoms with E-state index in [4.69, 9.17) is 5.11 Å². The molecule has 32 heavy (non-hydrogen) atoms. The molecule has 2 aromatic carbocycles. The van der Waals surface area contributed by atoms with Crippen LogP contribution in [0.4, 0.5) is 11.4 Å². The van der Waals surface area contributed by atoms with Crippen LogP contribution in [0.5, 0.6) is 0 Å². The number of aliphatic hydroxyl groups excluding tert-OH is 1. The molecule has 5 aromatic rings. The van der Waals surface area contributed by atoms with Crippen molar-refractivity contribution in [2.24, 2.45) is 0 Å². The highest BCUT2D eigenvalue weighted by atomic mass is 32.1. The maximum atomic E-state index is 9.70. The number of hydrogen-bond acceptors (Lipinski definition) is 6. The second-order valence-corrected chi connectivity index (χ2v) is 8.52. The van der Waals surface area contributed by atoms with Gasteiger partial charge >= 0.3 is 0 Å². The maximum absolute atomic E-state index is 9.70. The molecular formula is C25H21N5OS. The first-order valence-corrected chi connectivity index (χ1v) is 11.1. The average Bonchev–Trinajstić information content (AvgIpc) is 3.46. The first-order valence-electron chi connectivity index (χ1n) is 10.3. The molecule has 158 valence electrons. The quantitative estimate of drug-likeness (QED) is 0.263. The van der Waals surface area contributed by atoms with Crippen LogP contribution in [-0.4, -0.2) is 28.2 Å². The van der Waals surface area contributed by atoms with Gasteiger partial charge in [-0.1, -0.05) is 18.2 Å². The number of nitrogens with one attached hydrogen (secondary N) is 3. The Kier molecular flexibility index (Phi) is 5.57. The number of nitrogens with zero attached hydrogens (tertiary/aromatic N) is 2. The van der Waals surface area contributed by atoms with E-state index in [0.717, 1.165) is 48.5 Å². The van der Waals surface area contributed by atoms with E-state index in [0.29, 0.717) is 18.7 Å². The normalized spacial score (nSPS) is 11.1. The van der Waals surface area contributed by atoms with Crippen LogP contribution >= 0.6 is 11.3 Å². The van der Waals surface area contributed by atoms with Gasteiger partial charge in [-0.05, 0) is 47.5 Å². The molecule has 4 N–H and O–H groups in total. The molecule has 7 heteroatoms. The number of aliphatic hydroxyl groups is 1. The number of benzene rings is 2. The van der Waals surface area contributed by atoms with Crippen LogP contribution in [-0.2, 0) is 6.54 Å². The lowest BCUT2D eigenvalue weighted by Crippen LogP contribution is -2.17. The van der Waals surface area contributed by atoms with Crippen LogP contribution < -0.4 is 10.6 Å². The summed E-state index contributed by atoms with van der Waals surface area (Å²) in [6.45, 7) is 1.39. The van der Waals surface area contributed by atoms with E-state index in [1.165, 1.54) is 0 Å². The van der Waals surface area contributed by atoms with E-state index < -0.39 is 0 Å². The van der Waals surface area contributed by atoms with E-state index in [1.54, 1.807) is 17.5 Å². The van der Waals surface area contributed by atoms with E-state index in [2.05, 4.69) is 57.0 Å². The molecule has 0 spiro atoms. The molecule has 6 nitrogen and oxygen atoms in total.